The highest BCUT2D eigenvalue weighted by molar-refractivity contribution is 7.10. The molecule has 0 bridgehead atoms. The molecule has 2 rings (SSSR count). The molecular weight excluding hydrogens is 238 g/mol. The van der Waals surface area contributed by atoms with Crippen molar-refractivity contribution in [3.63, 3.8) is 0 Å². The van der Waals surface area contributed by atoms with Crippen molar-refractivity contribution in [1.82, 2.24) is 19.1 Å². The summed E-state index contributed by atoms with van der Waals surface area (Å²) in [4.78, 5) is 0. The molecule has 2 aromatic rings. The van der Waals surface area contributed by atoms with Gasteiger partial charge in [-0.3, -0.25) is 0 Å². The second-order valence-corrected chi connectivity index (χ2v) is 4.04. The molecule has 0 unspecified atom stereocenters. The zero-order chi connectivity index (χ0) is 12.3. The van der Waals surface area contributed by atoms with E-state index in [1.165, 1.54) is 11.5 Å². The first-order valence-corrected chi connectivity index (χ1v) is 5.79. The van der Waals surface area contributed by atoms with Gasteiger partial charge in [-0.1, -0.05) is 0 Å². The normalized spacial score (nSPS) is 10.1. The lowest BCUT2D eigenvalue weighted by molar-refractivity contribution is 0.708. The van der Waals surface area contributed by atoms with Crippen LogP contribution in [0.2, 0.25) is 0 Å². The van der Waals surface area contributed by atoms with E-state index >= 15 is 0 Å². The van der Waals surface area contributed by atoms with E-state index in [0.717, 1.165) is 12.4 Å². The molecule has 0 saturated heterocycles. The Bertz CT molecular complexity index is 550. The zero-order valence-electron chi connectivity index (χ0n) is 9.21. The molecule has 8 heteroatoms. The van der Waals surface area contributed by atoms with Crippen LogP contribution in [0, 0.1) is 11.3 Å². The number of hydrogen-bond donors (Lipinski definition) is 2. The summed E-state index contributed by atoms with van der Waals surface area (Å²) < 4.78 is 5.84. The van der Waals surface area contributed by atoms with Crippen LogP contribution in [0.1, 0.15) is 18.3 Å². The molecule has 0 atom stereocenters. The molecule has 0 saturated carbocycles. The quantitative estimate of drug-likeness (QED) is 0.831. The van der Waals surface area contributed by atoms with Crippen molar-refractivity contribution >= 4 is 22.4 Å². The largest absolute Gasteiger partial charge is 0.382 e. The van der Waals surface area contributed by atoms with Crippen LogP contribution in [0.25, 0.3) is 0 Å². The van der Waals surface area contributed by atoms with Crippen LogP contribution in [0.3, 0.4) is 0 Å². The molecule has 3 N–H and O–H groups in total. The van der Waals surface area contributed by atoms with Gasteiger partial charge in [0.05, 0.1) is 6.54 Å². The minimum atomic E-state index is 0.261. The van der Waals surface area contributed by atoms with E-state index in [-0.39, 0.29) is 5.82 Å². The van der Waals surface area contributed by atoms with Crippen LogP contribution in [-0.4, -0.2) is 19.1 Å². The van der Waals surface area contributed by atoms with Crippen molar-refractivity contribution in [3.05, 3.63) is 17.7 Å². The summed E-state index contributed by atoms with van der Waals surface area (Å²) in [6.07, 6.45) is 1.67. The van der Waals surface area contributed by atoms with Gasteiger partial charge in [-0.2, -0.15) is 9.64 Å². The standard InChI is InChI=1S/C9H11N7S/c1-2-16-5-13-14-7(16)4-12-9-6(3-10)8(11)15-17-9/h5,12H,2,4H2,1H3,(H2,11,15). The van der Waals surface area contributed by atoms with Crippen molar-refractivity contribution in [2.75, 3.05) is 11.1 Å². The van der Waals surface area contributed by atoms with Gasteiger partial charge in [0.15, 0.2) is 11.6 Å². The Labute approximate surface area is 102 Å². The molecule has 0 aliphatic rings. The maximum absolute atomic E-state index is 8.91. The van der Waals surface area contributed by atoms with Crippen LogP contribution < -0.4 is 11.1 Å². The smallest absolute Gasteiger partial charge is 0.157 e. The number of nitrogens with one attached hydrogen (secondary N) is 1. The summed E-state index contributed by atoms with van der Waals surface area (Å²) in [6, 6.07) is 2.02. The lowest BCUT2D eigenvalue weighted by Gasteiger charge is -2.04. The Morgan fingerprint density at radius 3 is 3.18 bits per heavy atom. The van der Waals surface area contributed by atoms with Crippen LogP contribution in [0.5, 0.6) is 0 Å². The first kappa shape index (κ1) is 11.3. The maximum atomic E-state index is 8.91. The van der Waals surface area contributed by atoms with Crippen molar-refractivity contribution in [3.8, 4) is 6.07 Å². The Balaban J connectivity index is 2.10. The number of rotatable bonds is 4. The van der Waals surface area contributed by atoms with E-state index in [2.05, 4.69) is 19.9 Å². The molecule has 2 aromatic heterocycles. The average Bonchev–Trinajstić information content (AvgIpc) is 2.92. The highest BCUT2D eigenvalue weighted by atomic mass is 32.1. The minimum absolute atomic E-state index is 0.261. The highest BCUT2D eigenvalue weighted by Gasteiger charge is 2.11. The summed E-state index contributed by atoms with van der Waals surface area (Å²) in [6.45, 7) is 3.31. The molecule has 88 valence electrons. The number of nitriles is 1. The molecule has 0 radical (unpaired) electrons. The molecule has 7 nitrogen and oxygen atoms in total. The van der Waals surface area contributed by atoms with E-state index in [4.69, 9.17) is 11.0 Å². The number of nitrogens with two attached hydrogens (primary N) is 1. The van der Waals surface area contributed by atoms with Gasteiger partial charge in [0, 0.05) is 6.54 Å². The Morgan fingerprint density at radius 2 is 2.47 bits per heavy atom. The third-order valence-corrected chi connectivity index (χ3v) is 3.09. The monoisotopic (exact) mass is 249 g/mol. The van der Waals surface area contributed by atoms with E-state index in [1.54, 1.807) is 6.33 Å². The second-order valence-electron chi connectivity index (χ2n) is 3.27. The second kappa shape index (κ2) is 4.80. The van der Waals surface area contributed by atoms with Crippen LogP contribution in [0.4, 0.5) is 10.8 Å². The predicted octanol–water partition coefficient (Wildman–Crippen LogP) is 0.820. The van der Waals surface area contributed by atoms with Gasteiger partial charge in [0.25, 0.3) is 0 Å². The highest BCUT2D eigenvalue weighted by Crippen LogP contribution is 2.25. The number of hydrogen-bond acceptors (Lipinski definition) is 7. The van der Waals surface area contributed by atoms with Crippen LogP contribution in [-0.2, 0) is 13.1 Å². The number of aromatic nitrogens is 4. The van der Waals surface area contributed by atoms with Crippen molar-refractivity contribution in [2.45, 2.75) is 20.0 Å². The van der Waals surface area contributed by atoms with Crippen molar-refractivity contribution < 1.29 is 0 Å². The number of nitrogens with zero attached hydrogens (tertiary/aromatic N) is 5. The van der Waals surface area contributed by atoms with E-state index in [9.17, 15) is 0 Å². The van der Waals surface area contributed by atoms with Gasteiger partial charge in [-0.05, 0) is 18.5 Å². The number of aryl methyl sites for hydroxylation is 1. The fourth-order valence-electron chi connectivity index (χ4n) is 1.37. The molecule has 0 aliphatic heterocycles. The SMILES string of the molecule is CCn1cnnc1CNc1snc(N)c1C#N. The fourth-order valence-corrected chi connectivity index (χ4v) is 2.03. The van der Waals surface area contributed by atoms with Crippen molar-refractivity contribution in [2.24, 2.45) is 0 Å². The fraction of sp³-hybridized carbons (Fsp3) is 0.333. The maximum Gasteiger partial charge on any atom is 0.157 e. The summed E-state index contributed by atoms with van der Waals surface area (Å²) in [5.41, 5.74) is 5.95. The van der Waals surface area contributed by atoms with Gasteiger partial charge in [-0.25, -0.2) is 0 Å². The lowest BCUT2D eigenvalue weighted by Crippen LogP contribution is -2.07. The predicted molar refractivity (Wildman–Crippen MR) is 64.3 cm³/mol. The van der Waals surface area contributed by atoms with Crippen LogP contribution >= 0.6 is 11.5 Å². The lowest BCUT2D eigenvalue weighted by atomic mass is 10.3. The minimum Gasteiger partial charge on any atom is -0.382 e. The van der Waals surface area contributed by atoms with Gasteiger partial charge >= 0.3 is 0 Å². The van der Waals surface area contributed by atoms with Gasteiger partial charge < -0.3 is 15.6 Å². The third-order valence-electron chi connectivity index (χ3n) is 2.27. The third kappa shape index (κ3) is 2.19. The summed E-state index contributed by atoms with van der Waals surface area (Å²) >= 11 is 1.17. The van der Waals surface area contributed by atoms with Crippen molar-refractivity contribution in [1.29, 1.82) is 5.26 Å². The van der Waals surface area contributed by atoms with E-state index < -0.39 is 0 Å². The van der Waals surface area contributed by atoms with Crippen LogP contribution in [0.15, 0.2) is 6.33 Å². The molecule has 0 amide bonds. The van der Waals surface area contributed by atoms with E-state index in [1.807, 2.05) is 17.6 Å². The molecule has 0 aromatic carbocycles. The molecule has 17 heavy (non-hydrogen) atoms. The number of anilines is 2. The topological polar surface area (TPSA) is 105 Å². The van der Waals surface area contributed by atoms with Gasteiger partial charge in [0.1, 0.15) is 23.0 Å². The zero-order valence-corrected chi connectivity index (χ0v) is 10.0. The Morgan fingerprint density at radius 1 is 1.65 bits per heavy atom. The first-order valence-electron chi connectivity index (χ1n) is 5.02. The molecule has 0 aliphatic carbocycles. The molecule has 2 heterocycles. The Hall–Kier alpha value is -2.14. The Kier molecular flexibility index (Phi) is 3.20. The molecular formula is C9H11N7S. The summed E-state index contributed by atoms with van der Waals surface area (Å²) in [5.74, 6) is 1.07. The van der Waals surface area contributed by atoms with E-state index in [0.29, 0.717) is 17.1 Å². The van der Waals surface area contributed by atoms with Gasteiger partial charge in [-0.15, -0.1) is 10.2 Å². The molecule has 0 fully saturated rings. The average molecular weight is 249 g/mol. The summed E-state index contributed by atoms with van der Waals surface area (Å²) in [5, 5.41) is 20.5. The first-order chi connectivity index (χ1) is 8.26. The molecule has 0 spiro atoms. The number of nitrogen functional groups attached to an aromatic ring is 1. The van der Waals surface area contributed by atoms with Gasteiger partial charge in [0.2, 0.25) is 0 Å². The summed E-state index contributed by atoms with van der Waals surface area (Å²) in [7, 11) is 0.